The van der Waals surface area contributed by atoms with E-state index in [9.17, 15) is 24.3 Å². The molecular weight excluding hydrogens is 544 g/mol. The summed E-state index contributed by atoms with van der Waals surface area (Å²) in [6.07, 6.45) is 9.15. The molecule has 2 aromatic heterocycles. The number of hydrogen-bond donors (Lipinski definition) is 3. The van der Waals surface area contributed by atoms with E-state index in [1.807, 2.05) is 22.8 Å². The summed E-state index contributed by atoms with van der Waals surface area (Å²) in [5.41, 5.74) is 0.0166. The monoisotopic (exact) mass is 561 g/mol. The molecule has 1 saturated heterocycles. The van der Waals surface area contributed by atoms with Gasteiger partial charge in [0, 0.05) is 23.5 Å². The van der Waals surface area contributed by atoms with Gasteiger partial charge in [-0.05, 0) is 0 Å². The summed E-state index contributed by atoms with van der Waals surface area (Å²) in [5.74, 6) is -0.117. The van der Waals surface area contributed by atoms with E-state index in [-0.39, 0.29) is 33.2 Å². The van der Waals surface area contributed by atoms with Crippen LogP contribution in [0.4, 0.5) is 5.13 Å². The highest BCUT2D eigenvalue weighted by atomic mass is 35.5. The van der Waals surface area contributed by atoms with Gasteiger partial charge in [-0.1, -0.05) is 40.1 Å². The second-order valence-corrected chi connectivity index (χ2v) is 10.2. The number of fused-ring (bicyclic) bond motifs is 1. The van der Waals surface area contributed by atoms with E-state index in [0.717, 1.165) is 11.3 Å². The second-order valence-electron chi connectivity index (χ2n) is 7.49. The zero-order valence-electron chi connectivity index (χ0n) is 18.8. The van der Waals surface area contributed by atoms with Gasteiger partial charge in [0.1, 0.15) is 27.1 Å². The number of anilines is 1. The molecule has 190 valence electrons. The van der Waals surface area contributed by atoms with Crippen molar-refractivity contribution in [2.45, 2.75) is 18.0 Å². The third-order valence-corrected chi connectivity index (χ3v) is 7.72. The first-order valence-corrected chi connectivity index (χ1v) is 12.7. The van der Waals surface area contributed by atoms with Crippen LogP contribution in [0.15, 0.2) is 47.0 Å². The molecule has 0 spiro atoms. The van der Waals surface area contributed by atoms with E-state index >= 15 is 0 Å². The lowest BCUT2D eigenvalue weighted by molar-refractivity contribution is -0.689. The molecule has 1 unspecified atom stereocenters. The number of carbonyl (C=O) groups excluding carboxylic acids is 3. The highest BCUT2D eigenvalue weighted by Gasteiger charge is 2.54. The largest absolute Gasteiger partial charge is 0.477 e. The molecule has 37 heavy (non-hydrogen) atoms. The number of nitrogens with zero attached hydrogens (tertiary/aromatic N) is 4. The minimum atomic E-state index is -1.23. The minimum absolute atomic E-state index is 0.0373. The van der Waals surface area contributed by atoms with Gasteiger partial charge in [-0.15, -0.1) is 18.2 Å². The van der Waals surface area contributed by atoms with Gasteiger partial charge in [-0.2, -0.15) is 0 Å². The molecule has 0 aliphatic carbocycles. The van der Waals surface area contributed by atoms with E-state index in [1.165, 1.54) is 16.7 Å². The number of rotatable bonds is 10. The van der Waals surface area contributed by atoms with Crippen LogP contribution in [0.1, 0.15) is 5.69 Å². The Labute approximate surface area is 223 Å². The topological polar surface area (TPSA) is 154 Å². The normalized spacial score (nSPS) is 18.9. The number of oxime groups is 1. The number of pyridine rings is 1. The Bertz CT molecular complexity index is 1360. The fourth-order valence-electron chi connectivity index (χ4n) is 3.66. The van der Waals surface area contributed by atoms with E-state index in [2.05, 4.69) is 26.7 Å². The number of amides is 3. The van der Waals surface area contributed by atoms with Crippen molar-refractivity contribution >= 4 is 69.7 Å². The average Bonchev–Trinajstić information content (AvgIpc) is 3.24. The van der Waals surface area contributed by atoms with Gasteiger partial charge in [0.15, 0.2) is 36.4 Å². The van der Waals surface area contributed by atoms with Crippen molar-refractivity contribution in [2.24, 2.45) is 5.16 Å². The van der Waals surface area contributed by atoms with Crippen molar-refractivity contribution in [2.75, 3.05) is 17.7 Å². The molecular formula is C22H18ClN6O6S2+. The SMILES string of the molecule is C#CCON=C(C(=O)NC1C(=O)N2C(C(=O)O)=C(C[n+]3ccccc3)CS[C@@H]12)c1nc(NC=O)sc1Cl. The molecule has 2 aliphatic rings. The number of hydrogen-bond acceptors (Lipinski definition) is 9. The number of carboxylic acid groups (broad SMARTS) is 1. The Balaban J connectivity index is 1.55. The summed E-state index contributed by atoms with van der Waals surface area (Å²) in [5, 5.41) is 18.0. The summed E-state index contributed by atoms with van der Waals surface area (Å²) in [4.78, 5) is 59.2. The lowest BCUT2D eigenvalue weighted by Crippen LogP contribution is -2.71. The molecule has 12 nitrogen and oxygen atoms in total. The molecule has 2 aliphatic heterocycles. The predicted octanol–water partition coefficient (Wildman–Crippen LogP) is 0.445. The van der Waals surface area contributed by atoms with Gasteiger partial charge in [0.05, 0.1) is 0 Å². The third-order valence-electron chi connectivity index (χ3n) is 5.20. The summed E-state index contributed by atoms with van der Waals surface area (Å²) in [6.45, 7) is 0.0490. The van der Waals surface area contributed by atoms with Crippen LogP contribution in [0.25, 0.3) is 0 Å². The second kappa shape index (κ2) is 11.4. The molecule has 4 heterocycles. The maximum atomic E-state index is 13.1. The summed E-state index contributed by atoms with van der Waals surface area (Å²) >= 11 is 8.40. The number of aliphatic carboxylic acids is 1. The first kappa shape index (κ1) is 26.1. The van der Waals surface area contributed by atoms with Gasteiger partial charge in [0.25, 0.3) is 11.8 Å². The number of aromatic nitrogens is 2. The Morgan fingerprint density at radius 2 is 2.16 bits per heavy atom. The highest BCUT2D eigenvalue weighted by Crippen LogP contribution is 2.40. The number of terminal acetylenes is 1. The van der Waals surface area contributed by atoms with Crippen molar-refractivity contribution in [1.29, 1.82) is 0 Å². The molecule has 2 aromatic rings. The Morgan fingerprint density at radius 3 is 2.84 bits per heavy atom. The van der Waals surface area contributed by atoms with E-state index in [0.29, 0.717) is 24.3 Å². The predicted molar refractivity (Wildman–Crippen MR) is 134 cm³/mol. The van der Waals surface area contributed by atoms with Crippen LogP contribution in [-0.2, 0) is 30.6 Å². The lowest BCUT2D eigenvalue weighted by atomic mass is 10.0. The van der Waals surface area contributed by atoms with Crippen molar-refractivity contribution in [3.05, 3.63) is 51.9 Å². The molecule has 0 bridgehead atoms. The Hall–Kier alpha value is -3.93. The summed E-state index contributed by atoms with van der Waals surface area (Å²) < 4.78 is 1.85. The Kier molecular flexibility index (Phi) is 8.07. The number of thiazole rings is 1. The number of thioether (sulfide) groups is 1. The van der Waals surface area contributed by atoms with Crippen molar-refractivity contribution in [1.82, 2.24) is 15.2 Å². The summed E-state index contributed by atoms with van der Waals surface area (Å²) in [6, 6.07) is 4.45. The first-order valence-electron chi connectivity index (χ1n) is 10.5. The number of halogens is 1. The molecule has 0 saturated carbocycles. The Morgan fingerprint density at radius 1 is 1.41 bits per heavy atom. The lowest BCUT2D eigenvalue weighted by Gasteiger charge is -2.49. The minimum Gasteiger partial charge on any atom is -0.477 e. The van der Waals surface area contributed by atoms with Crippen LogP contribution in [0.5, 0.6) is 0 Å². The highest BCUT2D eigenvalue weighted by molar-refractivity contribution is 8.00. The number of carboxylic acids is 1. The van der Waals surface area contributed by atoms with Gasteiger partial charge >= 0.3 is 5.97 Å². The third kappa shape index (κ3) is 5.43. The number of carbonyl (C=O) groups is 4. The van der Waals surface area contributed by atoms with Gasteiger partial charge in [0.2, 0.25) is 6.41 Å². The zero-order chi connectivity index (χ0) is 26.5. The molecule has 0 aromatic carbocycles. The molecule has 3 amide bonds. The fraction of sp³-hybridized carbons (Fsp3) is 0.227. The van der Waals surface area contributed by atoms with Crippen LogP contribution in [0, 0.1) is 12.3 Å². The van der Waals surface area contributed by atoms with Crippen molar-refractivity contribution in [3.8, 4) is 12.3 Å². The van der Waals surface area contributed by atoms with Crippen molar-refractivity contribution < 1.29 is 33.7 Å². The molecule has 0 radical (unpaired) electrons. The van der Waals surface area contributed by atoms with E-state index in [1.54, 1.807) is 12.4 Å². The number of β-lactam (4-membered cyclic amide) rings is 1. The smallest absolute Gasteiger partial charge is 0.352 e. The first-order chi connectivity index (χ1) is 17.8. The zero-order valence-corrected chi connectivity index (χ0v) is 21.2. The maximum absolute atomic E-state index is 13.1. The van der Waals surface area contributed by atoms with Crippen molar-refractivity contribution in [3.63, 3.8) is 0 Å². The summed E-state index contributed by atoms with van der Waals surface area (Å²) in [7, 11) is 0. The van der Waals surface area contributed by atoms with Gasteiger partial charge in [-0.25, -0.2) is 14.3 Å². The average molecular weight is 562 g/mol. The van der Waals surface area contributed by atoms with E-state index < -0.39 is 29.2 Å². The number of nitrogens with one attached hydrogen (secondary N) is 2. The van der Waals surface area contributed by atoms with Gasteiger partial charge in [-0.3, -0.25) is 19.3 Å². The molecule has 1 fully saturated rings. The molecule has 15 heteroatoms. The standard InChI is InChI=1S/C22H17ClN6O6S2/c1-2-8-35-27-14(13-17(23)37-22(26-13)24-11-30)18(31)25-15-19(32)29-16(21(33)34)12(10-36-20(15)29)9-28-6-4-3-5-7-28/h1,3-7,11,15,20H,8-10H2,(H2-,24,25,26,30,31,33,34)/p+1/t15?,20-/m0/s1. The van der Waals surface area contributed by atoms with Crippen LogP contribution in [-0.4, -0.2) is 68.7 Å². The molecule has 3 N–H and O–H groups in total. The van der Waals surface area contributed by atoms with Crippen LogP contribution in [0.3, 0.4) is 0 Å². The van der Waals surface area contributed by atoms with Gasteiger partial charge < -0.3 is 20.6 Å². The van der Waals surface area contributed by atoms with E-state index in [4.69, 9.17) is 22.9 Å². The van der Waals surface area contributed by atoms with Crippen LogP contribution >= 0.6 is 34.7 Å². The van der Waals surface area contributed by atoms with Crippen LogP contribution < -0.4 is 15.2 Å². The quantitative estimate of drug-likeness (QED) is 0.0718. The maximum Gasteiger partial charge on any atom is 0.352 e. The molecule has 2 atom stereocenters. The fourth-order valence-corrected chi connectivity index (χ4v) is 6.00. The van der Waals surface area contributed by atoms with Crippen LogP contribution in [0.2, 0.25) is 4.34 Å². The molecule has 4 rings (SSSR count).